The molecule has 18 heavy (non-hydrogen) atoms. The first-order valence-electron chi connectivity index (χ1n) is 6.18. The van der Waals surface area contributed by atoms with Gasteiger partial charge in [-0.05, 0) is 32.9 Å². The molecule has 2 N–H and O–H groups in total. The molecule has 0 saturated carbocycles. The van der Waals surface area contributed by atoms with Gasteiger partial charge in [0, 0.05) is 31.5 Å². The average Bonchev–Trinajstić information content (AvgIpc) is 2.82. The van der Waals surface area contributed by atoms with Crippen molar-refractivity contribution in [1.82, 2.24) is 10.6 Å². The van der Waals surface area contributed by atoms with Crippen molar-refractivity contribution in [3.05, 3.63) is 0 Å². The molecule has 0 amide bonds. The van der Waals surface area contributed by atoms with Crippen LogP contribution < -0.4 is 10.6 Å². The highest BCUT2D eigenvalue weighted by Gasteiger charge is 2.18. The fraction of sp³-hybridized carbons (Fsp3) is 0.917. The van der Waals surface area contributed by atoms with E-state index in [4.69, 9.17) is 4.74 Å². The molecule has 0 radical (unpaired) electrons. The Labute approximate surface area is 132 Å². The summed E-state index contributed by atoms with van der Waals surface area (Å²) in [6.07, 6.45) is 4.81. The van der Waals surface area contributed by atoms with Crippen molar-refractivity contribution in [2.24, 2.45) is 4.99 Å². The highest BCUT2D eigenvalue weighted by Crippen LogP contribution is 2.19. The zero-order valence-electron chi connectivity index (χ0n) is 11.8. The quantitative estimate of drug-likeness (QED) is 0.431. The SMILES string of the molecule is CN=C(NCC1CCCO1)NCC(C)(C)SC.I. The van der Waals surface area contributed by atoms with Crippen molar-refractivity contribution in [1.29, 1.82) is 0 Å². The second kappa shape index (κ2) is 9.25. The van der Waals surface area contributed by atoms with Gasteiger partial charge in [0.05, 0.1) is 6.10 Å². The van der Waals surface area contributed by atoms with Crippen molar-refractivity contribution < 1.29 is 4.74 Å². The Morgan fingerprint density at radius 1 is 1.44 bits per heavy atom. The van der Waals surface area contributed by atoms with Gasteiger partial charge in [-0.25, -0.2) is 0 Å². The lowest BCUT2D eigenvalue weighted by Crippen LogP contribution is -2.45. The molecule has 1 heterocycles. The van der Waals surface area contributed by atoms with Crippen LogP contribution in [0.4, 0.5) is 0 Å². The standard InChI is InChI=1S/C12H25N3OS.HI/c1-12(2,17-4)9-15-11(13-3)14-8-10-6-5-7-16-10;/h10H,5-9H2,1-4H3,(H2,13,14,15);1H. The van der Waals surface area contributed by atoms with Crippen LogP contribution in [0.25, 0.3) is 0 Å². The van der Waals surface area contributed by atoms with Gasteiger partial charge in [-0.15, -0.1) is 24.0 Å². The van der Waals surface area contributed by atoms with E-state index in [0.717, 1.165) is 32.1 Å². The zero-order valence-corrected chi connectivity index (χ0v) is 14.9. The van der Waals surface area contributed by atoms with E-state index >= 15 is 0 Å². The largest absolute Gasteiger partial charge is 0.376 e. The number of halogens is 1. The summed E-state index contributed by atoms with van der Waals surface area (Å²) in [6.45, 7) is 7.09. The number of ether oxygens (including phenoxy) is 1. The van der Waals surface area contributed by atoms with Gasteiger partial charge in [0.2, 0.25) is 0 Å². The molecule has 0 aromatic carbocycles. The van der Waals surface area contributed by atoms with Crippen LogP contribution in [0.3, 0.4) is 0 Å². The van der Waals surface area contributed by atoms with E-state index < -0.39 is 0 Å². The van der Waals surface area contributed by atoms with Crippen molar-refractivity contribution >= 4 is 41.7 Å². The molecular weight excluding hydrogens is 361 g/mol. The minimum absolute atomic E-state index is 0. The Morgan fingerprint density at radius 3 is 2.67 bits per heavy atom. The normalized spacial score (nSPS) is 20.4. The van der Waals surface area contributed by atoms with Crippen LogP contribution in [0.5, 0.6) is 0 Å². The topological polar surface area (TPSA) is 45.7 Å². The van der Waals surface area contributed by atoms with Crippen LogP contribution in [0.2, 0.25) is 0 Å². The molecule has 0 aromatic heterocycles. The predicted octanol–water partition coefficient (Wildman–Crippen LogP) is 2.09. The molecule has 1 fully saturated rings. The number of aliphatic imine (C=N–C) groups is 1. The molecule has 1 unspecified atom stereocenters. The maximum atomic E-state index is 5.57. The molecule has 4 nitrogen and oxygen atoms in total. The number of thioether (sulfide) groups is 1. The van der Waals surface area contributed by atoms with E-state index in [1.807, 2.05) is 11.8 Å². The lowest BCUT2D eigenvalue weighted by Gasteiger charge is -2.24. The number of guanidine groups is 1. The summed E-state index contributed by atoms with van der Waals surface area (Å²) in [7, 11) is 1.80. The number of nitrogens with zero attached hydrogens (tertiary/aromatic N) is 1. The van der Waals surface area contributed by atoms with Crippen LogP contribution in [0.1, 0.15) is 26.7 Å². The van der Waals surface area contributed by atoms with Gasteiger partial charge < -0.3 is 15.4 Å². The molecule has 1 aliphatic rings. The van der Waals surface area contributed by atoms with E-state index in [1.54, 1.807) is 7.05 Å². The number of hydrogen-bond donors (Lipinski definition) is 2. The maximum absolute atomic E-state index is 5.57. The molecule has 0 aromatic rings. The van der Waals surface area contributed by atoms with E-state index in [0.29, 0.717) is 6.10 Å². The van der Waals surface area contributed by atoms with Gasteiger partial charge in [0.25, 0.3) is 0 Å². The van der Waals surface area contributed by atoms with E-state index in [1.165, 1.54) is 6.42 Å². The molecular formula is C12H26IN3OS. The second-order valence-electron chi connectivity index (χ2n) is 4.91. The van der Waals surface area contributed by atoms with E-state index in [-0.39, 0.29) is 28.7 Å². The molecule has 1 aliphatic heterocycles. The molecule has 108 valence electrons. The summed E-state index contributed by atoms with van der Waals surface area (Å²) in [4.78, 5) is 4.22. The summed E-state index contributed by atoms with van der Waals surface area (Å²) in [6, 6.07) is 0. The molecule has 0 aliphatic carbocycles. The van der Waals surface area contributed by atoms with Gasteiger partial charge in [-0.3, -0.25) is 4.99 Å². The van der Waals surface area contributed by atoms with Crippen molar-refractivity contribution in [3.8, 4) is 0 Å². The first kappa shape index (κ1) is 18.3. The lowest BCUT2D eigenvalue weighted by atomic mass is 10.2. The van der Waals surface area contributed by atoms with Crippen LogP contribution in [-0.4, -0.2) is 49.8 Å². The van der Waals surface area contributed by atoms with Gasteiger partial charge in [-0.1, -0.05) is 0 Å². The van der Waals surface area contributed by atoms with Crippen molar-refractivity contribution in [2.45, 2.75) is 37.5 Å². The molecule has 1 atom stereocenters. The first-order chi connectivity index (χ1) is 8.07. The van der Waals surface area contributed by atoms with Gasteiger partial charge in [0.1, 0.15) is 0 Å². The first-order valence-corrected chi connectivity index (χ1v) is 7.41. The summed E-state index contributed by atoms with van der Waals surface area (Å²) in [5, 5.41) is 6.66. The van der Waals surface area contributed by atoms with Crippen LogP contribution in [0, 0.1) is 0 Å². The predicted molar refractivity (Wildman–Crippen MR) is 91.3 cm³/mol. The third-order valence-electron chi connectivity index (χ3n) is 2.98. The number of hydrogen-bond acceptors (Lipinski definition) is 3. The minimum atomic E-state index is 0. The second-order valence-corrected chi connectivity index (χ2v) is 6.42. The maximum Gasteiger partial charge on any atom is 0.191 e. The molecule has 0 bridgehead atoms. The fourth-order valence-electron chi connectivity index (χ4n) is 1.61. The lowest BCUT2D eigenvalue weighted by molar-refractivity contribution is 0.114. The van der Waals surface area contributed by atoms with Gasteiger partial charge in [-0.2, -0.15) is 11.8 Å². The monoisotopic (exact) mass is 387 g/mol. The summed E-state index contributed by atoms with van der Waals surface area (Å²) >= 11 is 1.85. The molecule has 1 rings (SSSR count). The summed E-state index contributed by atoms with van der Waals surface area (Å²) in [5.74, 6) is 0.864. The molecule has 6 heteroatoms. The third-order valence-corrected chi connectivity index (χ3v) is 4.23. The number of rotatable bonds is 5. The van der Waals surface area contributed by atoms with Crippen LogP contribution in [0.15, 0.2) is 4.99 Å². The third kappa shape index (κ3) is 7.04. The Kier molecular flexibility index (Phi) is 9.41. The van der Waals surface area contributed by atoms with E-state index in [2.05, 4.69) is 35.7 Å². The Bertz CT molecular complexity index is 256. The molecule has 0 spiro atoms. The van der Waals surface area contributed by atoms with Crippen LogP contribution in [-0.2, 0) is 4.74 Å². The molecule has 1 saturated heterocycles. The van der Waals surface area contributed by atoms with Crippen molar-refractivity contribution in [2.75, 3.05) is 33.0 Å². The zero-order chi connectivity index (χ0) is 12.7. The Balaban J connectivity index is 0.00000289. The smallest absolute Gasteiger partial charge is 0.191 e. The van der Waals surface area contributed by atoms with Gasteiger partial charge in [0.15, 0.2) is 5.96 Å². The minimum Gasteiger partial charge on any atom is -0.376 e. The fourth-order valence-corrected chi connectivity index (χ4v) is 1.82. The number of nitrogens with one attached hydrogen (secondary N) is 2. The van der Waals surface area contributed by atoms with E-state index in [9.17, 15) is 0 Å². The summed E-state index contributed by atoms with van der Waals surface area (Å²) in [5.41, 5.74) is 0. The highest BCUT2D eigenvalue weighted by molar-refractivity contribution is 14.0. The summed E-state index contributed by atoms with van der Waals surface area (Å²) < 4.78 is 5.79. The Morgan fingerprint density at radius 2 is 2.17 bits per heavy atom. The average molecular weight is 387 g/mol. The van der Waals surface area contributed by atoms with Crippen molar-refractivity contribution in [3.63, 3.8) is 0 Å². The van der Waals surface area contributed by atoms with Crippen LogP contribution >= 0.6 is 35.7 Å². The van der Waals surface area contributed by atoms with Gasteiger partial charge >= 0.3 is 0 Å². The highest BCUT2D eigenvalue weighted by atomic mass is 127. The Hall–Kier alpha value is 0.310.